The Kier molecular flexibility index (Phi) is 5.27. The summed E-state index contributed by atoms with van der Waals surface area (Å²) in [6, 6.07) is 5.03. The maximum Gasteiger partial charge on any atom is 0.270 e. The zero-order valence-corrected chi connectivity index (χ0v) is 20.7. The SMILES string of the molecule is Cc1nc2c(cc1F)c(-c1nc3c(c(C(=O)NC4CC4)n1)C(C)(C)C(=O)N3)nn2Cc1cccc(F)c1F. The lowest BCUT2D eigenvalue weighted by Gasteiger charge is -2.18. The summed E-state index contributed by atoms with van der Waals surface area (Å²) in [6.45, 7) is 4.61. The number of anilines is 1. The van der Waals surface area contributed by atoms with Crippen molar-refractivity contribution in [1.82, 2.24) is 30.0 Å². The first kappa shape index (κ1) is 24.0. The molecular formula is C26H22F3N7O2. The number of aryl methyl sites for hydroxylation is 1. The first-order valence-corrected chi connectivity index (χ1v) is 12.1. The van der Waals surface area contributed by atoms with Gasteiger partial charge in [0.05, 0.1) is 23.0 Å². The highest BCUT2D eigenvalue weighted by atomic mass is 19.2. The molecule has 1 fully saturated rings. The molecule has 4 aromatic rings. The number of fused-ring (bicyclic) bond motifs is 2. The van der Waals surface area contributed by atoms with E-state index in [2.05, 4.69) is 30.7 Å². The molecular weight excluding hydrogens is 499 g/mol. The van der Waals surface area contributed by atoms with Crippen LogP contribution in [0.4, 0.5) is 19.0 Å². The molecule has 0 spiro atoms. The molecule has 2 aliphatic rings. The van der Waals surface area contributed by atoms with Crippen LogP contribution >= 0.6 is 0 Å². The Morgan fingerprint density at radius 3 is 2.66 bits per heavy atom. The molecule has 3 aromatic heterocycles. The summed E-state index contributed by atoms with van der Waals surface area (Å²) in [4.78, 5) is 39.2. The van der Waals surface area contributed by atoms with Gasteiger partial charge in [0.2, 0.25) is 5.91 Å². The van der Waals surface area contributed by atoms with E-state index in [-0.39, 0.29) is 63.8 Å². The van der Waals surface area contributed by atoms with E-state index in [1.807, 2.05) is 0 Å². The van der Waals surface area contributed by atoms with Gasteiger partial charge in [-0.2, -0.15) is 5.10 Å². The number of carbonyl (C=O) groups is 2. The molecule has 38 heavy (non-hydrogen) atoms. The van der Waals surface area contributed by atoms with E-state index in [0.717, 1.165) is 18.9 Å². The predicted molar refractivity (Wildman–Crippen MR) is 131 cm³/mol. The maximum atomic E-state index is 14.7. The van der Waals surface area contributed by atoms with Crippen LogP contribution in [0.3, 0.4) is 0 Å². The number of hydrogen-bond acceptors (Lipinski definition) is 6. The highest BCUT2D eigenvalue weighted by Crippen LogP contribution is 2.40. The van der Waals surface area contributed by atoms with Crippen LogP contribution < -0.4 is 10.6 Å². The van der Waals surface area contributed by atoms with Gasteiger partial charge < -0.3 is 10.6 Å². The number of pyridine rings is 1. The lowest BCUT2D eigenvalue weighted by Crippen LogP contribution is -2.32. The molecule has 0 bridgehead atoms. The minimum Gasteiger partial charge on any atom is -0.348 e. The van der Waals surface area contributed by atoms with Gasteiger partial charge in [-0.15, -0.1) is 0 Å². The van der Waals surface area contributed by atoms with Crippen LogP contribution in [-0.2, 0) is 16.8 Å². The van der Waals surface area contributed by atoms with Crippen LogP contribution in [0.5, 0.6) is 0 Å². The summed E-state index contributed by atoms with van der Waals surface area (Å²) in [5.41, 5.74) is -0.331. The van der Waals surface area contributed by atoms with E-state index in [1.54, 1.807) is 13.8 Å². The first-order valence-electron chi connectivity index (χ1n) is 12.1. The Morgan fingerprint density at radius 2 is 1.92 bits per heavy atom. The number of carbonyl (C=O) groups excluding carboxylic acids is 2. The average Bonchev–Trinajstić information content (AvgIpc) is 3.57. The van der Waals surface area contributed by atoms with Crippen molar-refractivity contribution in [2.45, 2.75) is 51.6 Å². The Labute approximate surface area is 214 Å². The van der Waals surface area contributed by atoms with Gasteiger partial charge >= 0.3 is 0 Å². The fraction of sp³-hybridized carbons (Fsp3) is 0.308. The number of benzene rings is 1. The first-order chi connectivity index (χ1) is 18.0. The minimum atomic E-state index is -1.06. The largest absolute Gasteiger partial charge is 0.348 e. The lowest BCUT2D eigenvalue weighted by atomic mass is 9.85. The molecule has 2 amide bonds. The summed E-state index contributed by atoms with van der Waals surface area (Å²) in [5, 5.41) is 10.3. The van der Waals surface area contributed by atoms with Gasteiger partial charge in [0, 0.05) is 17.2 Å². The fourth-order valence-corrected chi connectivity index (χ4v) is 4.54. The molecule has 4 heterocycles. The number of halogens is 3. The molecule has 0 saturated heterocycles. The summed E-state index contributed by atoms with van der Waals surface area (Å²) >= 11 is 0. The van der Waals surface area contributed by atoms with Crippen LogP contribution in [0.25, 0.3) is 22.6 Å². The third-order valence-electron chi connectivity index (χ3n) is 6.88. The maximum absolute atomic E-state index is 14.7. The Bertz CT molecular complexity index is 1680. The lowest BCUT2D eigenvalue weighted by molar-refractivity contribution is -0.119. The molecule has 2 N–H and O–H groups in total. The minimum absolute atomic E-state index is 0.0121. The van der Waals surface area contributed by atoms with Crippen LogP contribution in [0.1, 0.15) is 54.0 Å². The summed E-state index contributed by atoms with van der Waals surface area (Å²) in [5.74, 6) is -3.35. The van der Waals surface area contributed by atoms with E-state index in [9.17, 15) is 22.8 Å². The van der Waals surface area contributed by atoms with Crippen LogP contribution in [0.15, 0.2) is 24.3 Å². The van der Waals surface area contributed by atoms with Crippen molar-refractivity contribution in [3.8, 4) is 11.5 Å². The number of hydrogen-bond donors (Lipinski definition) is 2. The molecule has 0 atom stereocenters. The van der Waals surface area contributed by atoms with E-state index in [4.69, 9.17) is 0 Å². The predicted octanol–water partition coefficient (Wildman–Crippen LogP) is 3.78. The van der Waals surface area contributed by atoms with E-state index in [0.29, 0.717) is 5.56 Å². The zero-order chi connectivity index (χ0) is 26.9. The van der Waals surface area contributed by atoms with Crippen molar-refractivity contribution in [1.29, 1.82) is 0 Å². The number of rotatable bonds is 5. The van der Waals surface area contributed by atoms with Gasteiger partial charge in [0.15, 0.2) is 23.1 Å². The molecule has 1 aliphatic heterocycles. The van der Waals surface area contributed by atoms with E-state index < -0.39 is 28.8 Å². The summed E-state index contributed by atoms with van der Waals surface area (Å²) in [6.07, 6.45) is 1.70. The van der Waals surface area contributed by atoms with Crippen molar-refractivity contribution in [3.05, 3.63) is 64.2 Å². The van der Waals surface area contributed by atoms with Gasteiger partial charge in [0.1, 0.15) is 23.0 Å². The highest BCUT2D eigenvalue weighted by Gasteiger charge is 2.44. The Hall–Kier alpha value is -4.35. The van der Waals surface area contributed by atoms with Crippen molar-refractivity contribution >= 4 is 28.7 Å². The number of nitrogens with one attached hydrogen (secondary N) is 2. The fourth-order valence-electron chi connectivity index (χ4n) is 4.54. The van der Waals surface area contributed by atoms with Crippen molar-refractivity contribution in [3.63, 3.8) is 0 Å². The molecule has 1 aliphatic carbocycles. The smallest absolute Gasteiger partial charge is 0.270 e. The molecule has 12 heteroatoms. The number of nitrogens with zero attached hydrogens (tertiary/aromatic N) is 5. The van der Waals surface area contributed by atoms with Gasteiger partial charge in [-0.1, -0.05) is 12.1 Å². The van der Waals surface area contributed by atoms with Crippen LogP contribution in [-0.4, -0.2) is 42.6 Å². The van der Waals surface area contributed by atoms with E-state index >= 15 is 0 Å². The third-order valence-corrected chi connectivity index (χ3v) is 6.88. The van der Waals surface area contributed by atoms with Crippen molar-refractivity contribution in [2.75, 3.05) is 5.32 Å². The molecule has 9 nitrogen and oxygen atoms in total. The van der Waals surface area contributed by atoms with Gasteiger partial charge in [-0.25, -0.2) is 32.8 Å². The molecule has 1 saturated carbocycles. The second kappa shape index (κ2) is 8.33. The second-order valence-electron chi connectivity index (χ2n) is 10.1. The van der Waals surface area contributed by atoms with Crippen LogP contribution in [0, 0.1) is 24.4 Å². The summed E-state index contributed by atoms with van der Waals surface area (Å²) in [7, 11) is 0. The quantitative estimate of drug-likeness (QED) is 0.413. The second-order valence-corrected chi connectivity index (χ2v) is 10.1. The molecule has 0 radical (unpaired) electrons. The van der Waals surface area contributed by atoms with E-state index in [1.165, 1.54) is 29.8 Å². The topological polar surface area (TPSA) is 115 Å². The highest BCUT2D eigenvalue weighted by molar-refractivity contribution is 6.09. The van der Waals surface area contributed by atoms with Crippen molar-refractivity contribution < 1.29 is 22.8 Å². The molecule has 6 rings (SSSR count). The Balaban J connectivity index is 1.55. The average molecular weight is 522 g/mol. The number of amides is 2. The monoisotopic (exact) mass is 521 g/mol. The van der Waals surface area contributed by atoms with Crippen molar-refractivity contribution in [2.24, 2.45) is 0 Å². The van der Waals surface area contributed by atoms with Crippen LogP contribution in [0.2, 0.25) is 0 Å². The zero-order valence-electron chi connectivity index (χ0n) is 20.7. The molecule has 0 unspecified atom stereocenters. The van der Waals surface area contributed by atoms with Gasteiger partial charge in [-0.05, 0) is 45.7 Å². The standard InChI is InChI=1S/C26H22F3N7O2/c1-11-16(28)9-14-19(35-36(23(14)30-11)10-12-5-4-6-15(27)18(12)29)22-32-20(24(37)31-13-7-8-13)17-21(33-22)34-25(38)26(17,2)3/h4-6,9,13H,7-8,10H2,1-3H3,(H,31,37)(H,32,33,34,38). The normalized spacial score (nSPS) is 16.0. The Morgan fingerprint density at radius 1 is 1.16 bits per heavy atom. The van der Waals surface area contributed by atoms with Gasteiger partial charge in [0.25, 0.3) is 5.91 Å². The number of aromatic nitrogens is 5. The van der Waals surface area contributed by atoms with Gasteiger partial charge in [-0.3, -0.25) is 9.59 Å². The third kappa shape index (κ3) is 3.78. The molecule has 194 valence electrons. The molecule has 1 aromatic carbocycles. The summed E-state index contributed by atoms with van der Waals surface area (Å²) < 4.78 is 44.3.